The Balaban J connectivity index is 1.78. The highest BCUT2D eigenvalue weighted by molar-refractivity contribution is 6.30. The molecule has 0 aliphatic carbocycles. The van der Waals surface area contributed by atoms with Gasteiger partial charge in [0.05, 0.1) is 24.1 Å². The maximum atomic E-state index is 12.3. The number of nitrogens with zero attached hydrogens (tertiary/aromatic N) is 2. The molecule has 0 radical (unpaired) electrons. The molecule has 23 heavy (non-hydrogen) atoms. The van der Waals surface area contributed by atoms with E-state index in [2.05, 4.69) is 10.4 Å². The summed E-state index contributed by atoms with van der Waals surface area (Å²) < 4.78 is 1.59. The largest absolute Gasteiger partial charge is 0.392 e. The molecular weight excluding hydrogens is 314 g/mol. The summed E-state index contributed by atoms with van der Waals surface area (Å²) in [5.41, 5.74) is 2.56. The zero-order chi connectivity index (χ0) is 16.2. The summed E-state index contributed by atoms with van der Waals surface area (Å²) in [6, 6.07) is 14.3. The lowest BCUT2D eigenvalue weighted by molar-refractivity contribution is 0.102. The van der Waals surface area contributed by atoms with Crippen molar-refractivity contribution in [2.45, 2.75) is 6.61 Å². The second-order valence-electron chi connectivity index (χ2n) is 4.97. The van der Waals surface area contributed by atoms with Crippen molar-refractivity contribution in [3.05, 3.63) is 77.1 Å². The predicted molar refractivity (Wildman–Crippen MR) is 88.9 cm³/mol. The average molecular weight is 328 g/mol. The number of halogens is 1. The third kappa shape index (κ3) is 3.59. The highest BCUT2D eigenvalue weighted by Crippen LogP contribution is 2.16. The molecule has 0 saturated carbocycles. The first-order valence-electron chi connectivity index (χ1n) is 6.97. The number of carbonyl (C=O) groups excluding carboxylic acids is 1. The lowest BCUT2D eigenvalue weighted by Gasteiger charge is -2.05. The van der Waals surface area contributed by atoms with Crippen LogP contribution in [0.15, 0.2) is 60.9 Å². The fourth-order valence-electron chi connectivity index (χ4n) is 2.15. The van der Waals surface area contributed by atoms with Crippen molar-refractivity contribution in [3.63, 3.8) is 0 Å². The molecule has 2 N–H and O–H groups in total. The summed E-state index contributed by atoms with van der Waals surface area (Å²) in [5.74, 6) is -0.270. The van der Waals surface area contributed by atoms with Gasteiger partial charge in [-0.1, -0.05) is 29.8 Å². The summed E-state index contributed by atoms with van der Waals surface area (Å²) in [7, 11) is 0. The monoisotopic (exact) mass is 327 g/mol. The van der Waals surface area contributed by atoms with Crippen LogP contribution in [0.1, 0.15) is 15.9 Å². The first-order valence-corrected chi connectivity index (χ1v) is 7.35. The Labute approximate surface area is 138 Å². The summed E-state index contributed by atoms with van der Waals surface area (Å²) in [4.78, 5) is 12.3. The number of nitrogens with one attached hydrogen (secondary N) is 1. The first-order chi connectivity index (χ1) is 11.2. The second-order valence-corrected chi connectivity index (χ2v) is 5.40. The van der Waals surface area contributed by atoms with Crippen LogP contribution in [0.2, 0.25) is 5.02 Å². The summed E-state index contributed by atoms with van der Waals surface area (Å²) in [5, 5.41) is 16.7. The van der Waals surface area contributed by atoms with Crippen molar-refractivity contribution >= 4 is 23.2 Å². The van der Waals surface area contributed by atoms with Crippen LogP contribution >= 0.6 is 11.6 Å². The van der Waals surface area contributed by atoms with Crippen LogP contribution in [0.5, 0.6) is 0 Å². The highest BCUT2D eigenvalue weighted by Gasteiger charge is 2.10. The van der Waals surface area contributed by atoms with Crippen LogP contribution in [0, 0.1) is 0 Å². The van der Waals surface area contributed by atoms with E-state index in [1.807, 2.05) is 12.1 Å². The number of aliphatic hydroxyl groups is 1. The fourth-order valence-corrected chi connectivity index (χ4v) is 2.34. The van der Waals surface area contributed by atoms with Crippen LogP contribution in [0.4, 0.5) is 5.69 Å². The minimum Gasteiger partial charge on any atom is -0.392 e. The van der Waals surface area contributed by atoms with E-state index >= 15 is 0 Å². The predicted octanol–water partition coefficient (Wildman–Crippen LogP) is 3.27. The van der Waals surface area contributed by atoms with Gasteiger partial charge in [-0.25, -0.2) is 4.68 Å². The van der Waals surface area contributed by atoms with Gasteiger partial charge in [0, 0.05) is 16.9 Å². The van der Waals surface area contributed by atoms with E-state index in [0.717, 1.165) is 11.3 Å². The van der Waals surface area contributed by atoms with Crippen molar-refractivity contribution < 1.29 is 9.90 Å². The van der Waals surface area contributed by atoms with Gasteiger partial charge in [-0.15, -0.1) is 0 Å². The zero-order valence-electron chi connectivity index (χ0n) is 12.1. The van der Waals surface area contributed by atoms with Crippen molar-refractivity contribution in [1.29, 1.82) is 0 Å². The van der Waals surface area contributed by atoms with E-state index in [0.29, 0.717) is 16.3 Å². The van der Waals surface area contributed by atoms with Crippen molar-refractivity contribution in [2.75, 3.05) is 5.32 Å². The van der Waals surface area contributed by atoms with Gasteiger partial charge in [0.2, 0.25) is 0 Å². The number of rotatable bonds is 4. The number of amides is 1. The van der Waals surface area contributed by atoms with E-state index in [9.17, 15) is 4.79 Å². The molecule has 6 heteroatoms. The number of aliphatic hydroxyl groups excluding tert-OH is 1. The number of anilines is 1. The Hall–Kier alpha value is -2.63. The van der Waals surface area contributed by atoms with E-state index < -0.39 is 0 Å². The highest BCUT2D eigenvalue weighted by atomic mass is 35.5. The van der Waals surface area contributed by atoms with Gasteiger partial charge in [-0.3, -0.25) is 4.79 Å². The lowest BCUT2D eigenvalue weighted by atomic mass is 10.2. The molecule has 0 bridgehead atoms. The quantitative estimate of drug-likeness (QED) is 0.773. The molecule has 0 atom stereocenters. The Morgan fingerprint density at radius 3 is 2.83 bits per heavy atom. The van der Waals surface area contributed by atoms with Crippen LogP contribution in [-0.2, 0) is 6.61 Å². The number of benzene rings is 2. The zero-order valence-corrected chi connectivity index (χ0v) is 12.9. The molecule has 0 saturated heterocycles. The maximum Gasteiger partial charge on any atom is 0.258 e. The number of hydrogen-bond acceptors (Lipinski definition) is 3. The molecule has 0 aliphatic heterocycles. The molecular formula is C17H14ClN3O2. The topological polar surface area (TPSA) is 67.2 Å². The number of aromatic nitrogens is 2. The molecule has 1 heterocycles. The van der Waals surface area contributed by atoms with Gasteiger partial charge >= 0.3 is 0 Å². The second kappa shape index (κ2) is 6.64. The lowest BCUT2D eigenvalue weighted by Crippen LogP contribution is -2.11. The summed E-state index contributed by atoms with van der Waals surface area (Å²) in [6.07, 6.45) is 3.13. The smallest absolute Gasteiger partial charge is 0.258 e. The minimum atomic E-state index is -0.270. The standard InChI is InChI=1S/C17H14ClN3O2/c18-14-4-2-6-16(8-14)21-10-13(9-19-21)17(23)20-15-5-1-3-12(7-15)11-22/h1-10,22H,11H2,(H,20,23). The Morgan fingerprint density at radius 2 is 2.04 bits per heavy atom. The summed E-state index contributed by atoms with van der Waals surface area (Å²) in [6.45, 7) is -0.0730. The molecule has 0 spiro atoms. The van der Waals surface area contributed by atoms with Crippen LogP contribution in [0.3, 0.4) is 0 Å². The normalized spacial score (nSPS) is 10.5. The van der Waals surface area contributed by atoms with Crippen molar-refractivity contribution in [2.24, 2.45) is 0 Å². The molecule has 1 amide bonds. The molecule has 5 nitrogen and oxygen atoms in total. The number of hydrogen-bond donors (Lipinski definition) is 2. The van der Waals surface area contributed by atoms with Crippen LogP contribution < -0.4 is 5.32 Å². The van der Waals surface area contributed by atoms with E-state index in [4.69, 9.17) is 16.7 Å². The van der Waals surface area contributed by atoms with Crippen molar-refractivity contribution in [1.82, 2.24) is 9.78 Å². The Kier molecular flexibility index (Phi) is 4.41. The van der Waals surface area contributed by atoms with E-state index in [1.54, 1.807) is 47.3 Å². The van der Waals surface area contributed by atoms with E-state index in [1.165, 1.54) is 6.20 Å². The fraction of sp³-hybridized carbons (Fsp3) is 0.0588. The molecule has 0 unspecified atom stereocenters. The SMILES string of the molecule is O=C(Nc1cccc(CO)c1)c1cnn(-c2cccc(Cl)c2)c1. The molecule has 116 valence electrons. The Morgan fingerprint density at radius 1 is 1.22 bits per heavy atom. The van der Waals surface area contributed by atoms with E-state index in [-0.39, 0.29) is 12.5 Å². The average Bonchev–Trinajstić information content (AvgIpc) is 3.05. The third-order valence-corrected chi connectivity index (χ3v) is 3.52. The van der Waals surface area contributed by atoms with Gasteiger partial charge in [0.1, 0.15) is 0 Å². The maximum absolute atomic E-state index is 12.3. The van der Waals surface area contributed by atoms with Gasteiger partial charge in [-0.2, -0.15) is 5.10 Å². The molecule has 2 aromatic carbocycles. The summed E-state index contributed by atoms with van der Waals surface area (Å²) >= 11 is 5.96. The van der Waals surface area contributed by atoms with Gasteiger partial charge < -0.3 is 10.4 Å². The molecule has 0 fully saturated rings. The van der Waals surface area contributed by atoms with Crippen molar-refractivity contribution in [3.8, 4) is 5.69 Å². The molecule has 3 rings (SSSR count). The molecule has 3 aromatic rings. The van der Waals surface area contributed by atoms with Crippen LogP contribution in [-0.4, -0.2) is 20.8 Å². The molecule has 1 aromatic heterocycles. The minimum absolute atomic E-state index is 0.0730. The van der Waals surface area contributed by atoms with Gasteiger partial charge in [0.15, 0.2) is 0 Å². The van der Waals surface area contributed by atoms with Gasteiger partial charge in [0.25, 0.3) is 5.91 Å². The third-order valence-electron chi connectivity index (χ3n) is 3.28. The number of carbonyl (C=O) groups is 1. The van der Waals surface area contributed by atoms with Gasteiger partial charge in [-0.05, 0) is 35.9 Å². The first kappa shape index (κ1) is 15.3. The Bertz CT molecular complexity index is 845. The molecule has 0 aliphatic rings. The van der Waals surface area contributed by atoms with Crippen LogP contribution in [0.25, 0.3) is 5.69 Å².